The molecular formula is C23H23N3O3. The Kier molecular flexibility index (Phi) is 7.23. The van der Waals surface area contributed by atoms with E-state index in [1.807, 2.05) is 73.7 Å². The van der Waals surface area contributed by atoms with Crippen LogP contribution in [-0.2, 0) is 0 Å². The van der Waals surface area contributed by atoms with Crippen LogP contribution in [-0.4, -0.2) is 25.5 Å². The molecule has 0 radical (unpaired) electrons. The zero-order valence-corrected chi connectivity index (χ0v) is 16.2. The molecule has 0 aliphatic heterocycles. The van der Waals surface area contributed by atoms with E-state index in [1.54, 1.807) is 18.3 Å². The maximum absolute atomic E-state index is 11.8. The fourth-order valence-corrected chi connectivity index (χ4v) is 2.48. The molecule has 6 nitrogen and oxygen atoms in total. The summed E-state index contributed by atoms with van der Waals surface area (Å²) in [7, 11) is 0. The number of benzene rings is 3. The second kappa shape index (κ2) is 10.5. The predicted octanol–water partition coefficient (Wildman–Crippen LogP) is 4.61. The minimum Gasteiger partial charge on any atom is -0.490 e. The molecule has 6 heteroatoms. The highest BCUT2D eigenvalue weighted by Gasteiger charge is 2.00. The number of nitrogens with one attached hydrogen (secondary N) is 2. The van der Waals surface area contributed by atoms with Gasteiger partial charge in [0, 0.05) is 5.69 Å². The fourth-order valence-electron chi connectivity index (χ4n) is 2.48. The Bertz CT molecular complexity index is 941. The molecule has 3 aromatic rings. The van der Waals surface area contributed by atoms with Crippen molar-refractivity contribution in [3.8, 4) is 11.5 Å². The topological polar surface area (TPSA) is 72.0 Å². The van der Waals surface area contributed by atoms with Crippen molar-refractivity contribution in [3.63, 3.8) is 0 Å². The lowest BCUT2D eigenvalue weighted by molar-refractivity contribution is 0.217. The number of aryl methyl sites for hydroxylation is 1. The summed E-state index contributed by atoms with van der Waals surface area (Å²) in [5.74, 6) is 1.52. The summed E-state index contributed by atoms with van der Waals surface area (Å²) in [5.41, 5.74) is 5.13. The first kappa shape index (κ1) is 19.9. The molecule has 0 aliphatic carbocycles. The van der Waals surface area contributed by atoms with Crippen molar-refractivity contribution in [2.45, 2.75) is 6.92 Å². The van der Waals surface area contributed by atoms with Crippen LogP contribution in [0.2, 0.25) is 0 Å². The van der Waals surface area contributed by atoms with E-state index >= 15 is 0 Å². The number of carbonyl (C=O) groups excluding carboxylic acids is 1. The van der Waals surface area contributed by atoms with Crippen molar-refractivity contribution in [2.75, 3.05) is 18.5 Å². The Hall–Kier alpha value is -3.80. The van der Waals surface area contributed by atoms with Gasteiger partial charge < -0.3 is 14.8 Å². The van der Waals surface area contributed by atoms with Gasteiger partial charge >= 0.3 is 6.03 Å². The second-order valence-corrected chi connectivity index (χ2v) is 6.27. The van der Waals surface area contributed by atoms with Gasteiger partial charge in [-0.2, -0.15) is 5.10 Å². The average molecular weight is 389 g/mol. The Labute approximate surface area is 170 Å². The predicted molar refractivity (Wildman–Crippen MR) is 115 cm³/mol. The minimum absolute atomic E-state index is 0.409. The van der Waals surface area contributed by atoms with E-state index in [-0.39, 0.29) is 0 Å². The van der Waals surface area contributed by atoms with E-state index in [0.717, 1.165) is 11.3 Å². The molecule has 2 amide bonds. The third-order valence-electron chi connectivity index (χ3n) is 3.91. The van der Waals surface area contributed by atoms with Gasteiger partial charge in [0.2, 0.25) is 0 Å². The van der Waals surface area contributed by atoms with Crippen molar-refractivity contribution in [1.82, 2.24) is 5.43 Å². The Balaban J connectivity index is 1.42. The van der Waals surface area contributed by atoms with Crippen molar-refractivity contribution in [3.05, 3.63) is 90.0 Å². The lowest BCUT2D eigenvalue weighted by Gasteiger charge is -2.09. The molecule has 0 atom stereocenters. The molecule has 0 unspecified atom stereocenters. The SMILES string of the molecule is Cc1ccc(OCCOc2cccc(C=NNC(=O)Nc3ccccc3)c2)cc1. The van der Waals surface area contributed by atoms with Crippen molar-refractivity contribution >= 4 is 17.9 Å². The molecule has 0 bridgehead atoms. The zero-order chi connectivity index (χ0) is 20.3. The summed E-state index contributed by atoms with van der Waals surface area (Å²) >= 11 is 0. The first-order valence-electron chi connectivity index (χ1n) is 9.26. The maximum atomic E-state index is 11.8. The molecule has 3 rings (SSSR count). The summed E-state index contributed by atoms with van der Waals surface area (Å²) in [5, 5.41) is 6.64. The molecular weight excluding hydrogens is 366 g/mol. The van der Waals surface area contributed by atoms with Crippen molar-refractivity contribution in [2.24, 2.45) is 5.10 Å². The monoisotopic (exact) mass is 389 g/mol. The molecule has 0 heterocycles. The number of hydrazone groups is 1. The van der Waals surface area contributed by atoms with Crippen LogP contribution in [0.3, 0.4) is 0 Å². The van der Waals surface area contributed by atoms with Gasteiger partial charge in [0.25, 0.3) is 0 Å². The number of hydrogen-bond acceptors (Lipinski definition) is 4. The van der Waals surface area contributed by atoms with E-state index in [2.05, 4.69) is 15.8 Å². The maximum Gasteiger partial charge on any atom is 0.339 e. The summed E-state index contributed by atoms with van der Waals surface area (Å²) in [6.07, 6.45) is 1.56. The standard InChI is InChI=1S/C23H23N3O3/c1-18-10-12-21(13-11-18)28-14-15-29-22-9-5-6-19(16-22)17-24-26-23(27)25-20-7-3-2-4-8-20/h2-13,16-17H,14-15H2,1H3,(H2,25,26,27). The number of ether oxygens (including phenoxy) is 2. The van der Waals surface area contributed by atoms with Crippen LogP contribution < -0.4 is 20.2 Å². The number of carbonyl (C=O) groups is 1. The van der Waals surface area contributed by atoms with Crippen LogP contribution >= 0.6 is 0 Å². The molecule has 148 valence electrons. The molecule has 0 saturated heterocycles. The van der Waals surface area contributed by atoms with Crippen LogP contribution in [0, 0.1) is 6.92 Å². The highest BCUT2D eigenvalue weighted by atomic mass is 16.5. The minimum atomic E-state index is -0.409. The van der Waals surface area contributed by atoms with Gasteiger partial charge in [-0.05, 0) is 48.9 Å². The fraction of sp³-hybridized carbons (Fsp3) is 0.130. The summed E-state index contributed by atoms with van der Waals surface area (Å²) < 4.78 is 11.4. The molecule has 0 fully saturated rings. The Morgan fingerprint density at radius 1 is 0.897 bits per heavy atom. The van der Waals surface area contributed by atoms with E-state index < -0.39 is 6.03 Å². The number of rotatable bonds is 8. The molecule has 0 aromatic heterocycles. The van der Waals surface area contributed by atoms with Gasteiger partial charge in [-0.25, -0.2) is 10.2 Å². The van der Waals surface area contributed by atoms with E-state index in [9.17, 15) is 4.79 Å². The van der Waals surface area contributed by atoms with E-state index in [4.69, 9.17) is 9.47 Å². The average Bonchev–Trinajstić information content (AvgIpc) is 2.73. The highest BCUT2D eigenvalue weighted by molar-refractivity contribution is 5.90. The first-order valence-corrected chi connectivity index (χ1v) is 9.26. The first-order chi connectivity index (χ1) is 14.2. The van der Waals surface area contributed by atoms with Crippen LogP contribution in [0.5, 0.6) is 11.5 Å². The Morgan fingerprint density at radius 3 is 2.38 bits per heavy atom. The molecule has 0 saturated carbocycles. The number of hydrogen-bond donors (Lipinski definition) is 2. The molecule has 0 aliphatic rings. The molecule has 29 heavy (non-hydrogen) atoms. The third kappa shape index (κ3) is 7.03. The number of urea groups is 1. The molecule has 2 N–H and O–H groups in total. The smallest absolute Gasteiger partial charge is 0.339 e. The van der Waals surface area contributed by atoms with Gasteiger partial charge in [0.15, 0.2) is 0 Å². The van der Waals surface area contributed by atoms with Gasteiger partial charge in [-0.1, -0.05) is 48.0 Å². The number of nitrogens with zero attached hydrogens (tertiary/aromatic N) is 1. The van der Waals surface area contributed by atoms with E-state index in [1.165, 1.54) is 5.56 Å². The lowest BCUT2D eigenvalue weighted by Crippen LogP contribution is -2.24. The number of para-hydroxylation sites is 1. The lowest BCUT2D eigenvalue weighted by atomic mass is 10.2. The summed E-state index contributed by atoms with van der Waals surface area (Å²) in [6, 6.07) is 24.1. The zero-order valence-electron chi connectivity index (χ0n) is 16.2. The van der Waals surface area contributed by atoms with Gasteiger partial charge in [0.05, 0.1) is 6.21 Å². The van der Waals surface area contributed by atoms with E-state index in [0.29, 0.717) is 24.7 Å². The highest BCUT2D eigenvalue weighted by Crippen LogP contribution is 2.13. The largest absolute Gasteiger partial charge is 0.490 e. The third-order valence-corrected chi connectivity index (χ3v) is 3.91. The quantitative estimate of drug-likeness (QED) is 0.336. The van der Waals surface area contributed by atoms with Crippen LogP contribution in [0.4, 0.5) is 10.5 Å². The van der Waals surface area contributed by atoms with Crippen molar-refractivity contribution in [1.29, 1.82) is 0 Å². The number of amides is 2. The van der Waals surface area contributed by atoms with Gasteiger partial charge in [0.1, 0.15) is 24.7 Å². The number of anilines is 1. The Morgan fingerprint density at radius 2 is 1.62 bits per heavy atom. The van der Waals surface area contributed by atoms with Crippen molar-refractivity contribution < 1.29 is 14.3 Å². The molecule has 3 aromatic carbocycles. The van der Waals surface area contributed by atoms with Gasteiger partial charge in [-0.15, -0.1) is 0 Å². The normalized spacial score (nSPS) is 10.5. The van der Waals surface area contributed by atoms with Crippen LogP contribution in [0.1, 0.15) is 11.1 Å². The summed E-state index contributed by atoms with van der Waals surface area (Å²) in [4.78, 5) is 11.8. The molecule has 0 spiro atoms. The van der Waals surface area contributed by atoms with Gasteiger partial charge in [-0.3, -0.25) is 0 Å². The van der Waals surface area contributed by atoms with Crippen LogP contribution in [0.15, 0.2) is 84.0 Å². The summed E-state index contributed by atoms with van der Waals surface area (Å²) in [6.45, 7) is 2.91. The second-order valence-electron chi connectivity index (χ2n) is 6.27. The van der Waals surface area contributed by atoms with Crippen LogP contribution in [0.25, 0.3) is 0 Å².